The predicted molar refractivity (Wildman–Crippen MR) is 63.3 cm³/mol. The Morgan fingerprint density at radius 1 is 1.00 bits per heavy atom. The van der Waals surface area contributed by atoms with Crippen LogP contribution in [0.2, 0.25) is 0 Å². The van der Waals surface area contributed by atoms with Gasteiger partial charge in [-0.3, -0.25) is 0 Å². The van der Waals surface area contributed by atoms with Crippen LogP contribution in [0, 0.1) is 13.8 Å². The standard InChI is InChI=1S/C12H13BO/c1-7-8(2)11(13)12(14)10-6-4-3-5-9(7)10/h3-6,14H,13H2,1-2H3. The first-order chi connectivity index (χ1) is 6.63. The summed E-state index contributed by atoms with van der Waals surface area (Å²) in [6, 6.07) is 7.97. The fourth-order valence-electron chi connectivity index (χ4n) is 1.88. The van der Waals surface area contributed by atoms with Crippen LogP contribution >= 0.6 is 0 Å². The average molecular weight is 184 g/mol. The number of aryl methyl sites for hydroxylation is 1. The summed E-state index contributed by atoms with van der Waals surface area (Å²) in [4.78, 5) is 0. The molecule has 0 unspecified atom stereocenters. The summed E-state index contributed by atoms with van der Waals surface area (Å²) in [6.45, 7) is 4.15. The Morgan fingerprint density at radius 3 is 2.21 bits per heavy atom. The molecule has 0 heterocycles. The lowest BCUT2D eigenvalue weighted by atomic mass is 9.84. The fourth-order valence-corrected chi connectivity index (χ4v) is 1.88. The zero-order valence-corrected chi connectivity index (χ0v) is 8.76. The summed E-state index contributed by atoms with van der Waals surface area (Å²) >= 11 is 0. The van der Waals surface area contributed by atoms with E-state index in [4.69, 9.17) is 0 Å². The van der Waals surface area contributed by atoms with Crippen LogP contribution in [0.1, 0.15) is 11.1 Å². The van der Waals surface area contributed by atoms with Crippen LogP contribution in [-0.2, 0) is 0 Å². The number of benzene rings is 2. The summed E-state index contributed by atoms with van der Waals surface area (Å²) in [5, 5.41) is 12.1. The third kappa shape index (κ3) is 1.11. The number of fused-ring (bicyclic) bond motifs is 1. The Kier molecular flexibility index (Phi) is 1.99. The van der Waals surface area contributed by atoms with Gasteiger partial charge < -0.3 is 5.11 Å². The molecule has 0 saturated heterocycles. The Balaban J connectivity index is 3.02. The van der Waals surface area contributed by atoms with E-state index in [1.807, 2.05) is 26.0 Å². The van der Waals surface area contributed by atoms with Gasteiger partial charge in [-0.1, -0.05) is 29.8 Å². The van der Waals surface area contributed by atoms with Crippen LogP contribution in [-0.4, -0.2) is 13.0 Å². The number of phenolic OH excluding ortho intramolecular Hbond substituents is 1. The summed E-state index contributed by atoms with van der Waals surface area (Å²) in [7, 11) is 1.96. The molecule has 1 N–H and O–H groups in total. The van der Waals surface area contributed by atoms with Crippen molar-refractivity contribution in [1.29, 1.82) is 0 Å². The van der Waals surface area contributed by atoms with Gasteiger partial charge in [0.15, 0.2) is 0 Å². The second kappa shape index (κ2) is 3.05. The van der Waals surface area contributed by atoms with Gasteiger partial charge in [0.05, 0.1) is 0 Å². The predicted octanol–water partition coefficient (Wildman–Crippen LogP) is 1.42. The molecule has 2 rings (SSSR count). The molecule has 0 aliphatic carbocycles. The molecule has 0 spiro atoms. The Bertz CT molecular complexity index is 457. The minimum Gasteiger partial charge on any atom is -0.508 e. The SMILES string of the molecule is Bc1c(C)c(C)c2ccccc2c1O. The van der Waals surface area contributed by atoms with E-state index in [9.17, 15) is 5.11 Å². The van der Waals surface area contributed by atoms with E-state index in [1.165, 1.54) is 11.1 Å². The Morgan fingerprint density at radius 2 is 1.57 bits per heavy atom. The van der Waals surface area contributed by atoms with E-state index in [0.717, 1.165) is 16.2 Å². The monoisotopic (exact) mass is 184 g/mol. The molecule has 0 amide bonds. The van der Waals surface area contributed by atoms with Crippen LogP contribution in [0.3, 0.4) is 0 Å². The van der Waals surface area contributed by atoms with E-state index in [-0.39, 0.29) is 0 Å². The minimum atomic E-state index is 0.420. The van der Waals surface area contributed by atoms with E-state index in [2.05, 4.69) is 19.9 Å². The normalized spacial score (nSPS) is 10.7. The number of hydrogen-bond acceptors (Lipinski definition) is 1. The van der Waals surface area contributed by atoms with Gasteiger partial charge in [0.2, 0.25) is 0 Å². The van der Waals surface area contributed by atoms with Crippen molar-refractivity contribution >= 4 is 24.1 Å². The summed E-state index contributed by atoms with van der Waals surface area (Å²) < 4.78 is 0. The van der Waals surface area contributed by atoms with Gasteiger partial charge in [0, 0.05) is 5.39 Å². The van der Waals surface area contributed by atoms with Crippen molar-refractivity contribution in [2.75, 3.05) is 0 Å². The van der Waals surface area contributed by atoms with Gasteiger partial charge in [-0.15, -0.1) is 0 Å². The second-order valence-corrected chi connectivity index (χ2v) is 3.77. The molecule has 0 aliphatic rings. The average Bonchev–Trinajstić information content (AvgIpc) is 2.23. The molecule has 2 aromatic carbocycles. The molecule has 0 radical (unpaired) electrons. The van der Waals surface area contributed by atoms with Crippen LogP contribution in [0.5, 0.6) is 5.75 Å². The maximum absolute atomic E-state index is 9.96. The number of hydrogen-bond donors (Lipinski definition) is 1. The molecule has 2 heteroatoms. The Hall–Kier alpha value is -1.44. The molecular formula is C12H13BO. The highest BCUT2D eigenvalue weighted by Gasteiger charge is 2.09. The molecule has 0 atom stereocenters. The van der Waals surface area contributed by atoms with E-state index >= 15 is 0 Å². The molecule has 0 aliphatic heterocycles. The topological polar surface area (TPSA) is 20.2 Å². The fraction of sp³-hybridized carbons (Fsp3) is 0.167. The summed E-state index contributed by atoms with van der Waals surface area (Å²) in [5.74, 6) is 0.420. The summed E-state index contributed by atoms with van der Waals surface area (Å²) in [6.07, 6.45) is 0. The highest BCUT2D eigenvalue weighted by molar-refractivity contribution is 6.37. The van der Waals surface area contributed by atoms with E-state index in [1.54, 1.807) is 0 Å². The quantitative estimate of drug-likeness (QED) is 0.614. The van der Waals surface area contributed by atoms with Crippen molar-refractivity contribution in [1.82, 2.24) is 0 Å². The van der Waals surface area contributed by atoms with Crippen molar-refractivity contribution in [3.63, 3.8) is 0 Å². The van der Waals surface area contributed by atoms with Gasteiger partial charge in [-0.2, -0.15) is 0 Å². The molecule has 0 bridgehead atoms. The molecular weight excluding hydrogens is 171 g/mol. The lowest BCUT2D eigenvalue weighted by molar-refractivity contribution is 0.485. The minimum absolute atomic E-state index is 0.420. The number of rotatable bonds is 0. The highest BCUT2D eigenvalue weighted by atomic mass is 16.3. The first-order valence-corrected chi connectivity index (χ1v) is 4.80. The second-order valence-electron chi connectivity index (χ2n) is 3.77. The molecule has 2 aromatic rings. The lowest BCUT2D eigenvalue weighted by Crippen LogP contribution is -2.10. The molecule has 14 heavy (non-hydrogen) atoms. The zero-order valence-electron chi connectivity index (χ0n) is 8.76. The van der Waals surface area contributed by atoms with Gasteiger partial charge in [0.25, 0.3) is 0 Å². The van der Waals surface area contributed by atoms with Crippen molar-refractivity contribution in [3.8, 4) is 5.75 Å². The van der Waals surface area contributed by atoms with Crippen LogP contribution in [0.4, 0.5) is 0 Å². The van der Waals surface area contributed by atoms with E-state index in [0.29, 0.717) is 5.75 Å². The largest absolute Gasteiger partial charge is 0.508 e. The van der Waals surface area contributed by atoms with Gasteiger partial charge in [-0.05, 0) is 30.3 Å². The highest BCUT2D eigenvalue weighted by Crippen LogP contribution is 2.27. The Labute approximate surface area is 84.8 Å². The first kappa shape index (κ1) is 9.13. The van der Waals surface area contributed by atoms with E-state index < -0.39 is 0 Å². The van der Waals surface area contributed by atoms with Gasteiger partial charge in [0.1, 0.15) is 13.6 Å². The maximum Gasteiger partial charge on any atom is 0.144 e. The van der Waals surface area contributed by atoms with Crippen molar-refractivity contribution in [3.05, 3.63) is 35.4 Å². The van der Waals surface area contributed by atoms with Crippen molar-refractivity contribution in [2.24, 2.45) is 0 Å². The zero-order chi connectivity index (χ0) is 10.3. The van der Waals surface area contributed by atoms with Crippen LogP contribution in [0.25, 0.3) is 10.8 Å². The number of aromatic hydroxyl groups is 1. The smallest absolute Gasteiger partial charge is 0.144 e. The molecule has 70 valence electrons. The van der Waals surface area contributed by atoms with Crippen LogP contribution in [0.15, 0.2) is 24.3 Å². The summed E-state index contributed by atoms with van der Waals surface area (Å²) in [5.41, 5.74) is 3.43. The van der Waals surface area contributed by atoms with Crippen molar-refractivity contribution < 1.29 is 5.11 Å². The van der Waals surface area contributed by atoms with Gasteiger partial charge >= 0.3 is 0 Å². The molecule has 1 nitrogen and oxygen atoms in total. The molecule has 0 fully saturated rings. The third-order valence-corrected chi connectivity index (χ3v) is 3.07. The first-order valence-electron chi connectivity index (χ1n) is 4.80. The third-order valence-electron chi connectivity index (χ3n) is 3.07. The van der Waals surface area contributed by atoms with Crippen molar-refractivity contribution in [2.45, 2.75) is 13.8 Å². The maximum atomic E-state index is 9.96. The lowest BCUT2D eigenvalue weighted by Gasteiger charge is -2.12. The molecule has 0 aromatic heterocycles. The molecule has 0 saturated carbocycles. The van der Waals surface area contributed by atoms with Gasteiger partial charge in [-0.25, -0.2) is 0 Å². The van der Waals surface area contributed by atoms with Crippen LogP contribution < -0.4 is 5.46 Å². The number of phenols is 1.